The van der Waals surface area contributed by atoms with Gasteiger partial charge in [-0.15, -0.1) is 0 Å². The number of anilines is 1. The van der Waals surface area contributed by atoms with Crippen LogP contribution in [0.3, 0.4) is 0 Å². The lowest BCUT2D eigenvalue weighted by atomic mass is 10.0. The first-order valence-corrected chi connectivity index (χ1v) is 5.41. The van der Waals surface area contributed by atoms with E-state index >= 15 is 0 Å². The van der Waals surface area contributed by atoms with Gasteiger partial charge in [-0.05, 0) is 31.4 Å². The molecule has 1 N–H and O–H groups in total. The van der Waals surface area contributed by atoms with Crippen molar-refractivity contribution in [1.29, 1.82) is 5.26 Å². The molecule has 0 saturated carbocycles. The Balaban J connectivity index is 2.88. The predicted molar refractivity (Wildman–Crippen MR) is 63.9 cm³/mol. The van der Waals surface area contributed by atoms with Crippen LogP contribution >= 0.6 is 0 Å². The van der Waals surface area contributed by atoms with Crippen LogP contribution in [0.15, 0.2) is 18.2 Å². The number of benzene rings is 1. The van der Waals surface area contributed by atoms with E-state index in [-0.39, 0.29) is 6.04 Å². The van der Waals surface area contributed by atoms with Gasteiger partial charge in [0.25, 0.3) is 0 Å². The summed E-state index contributed by atoms with van der Waals surface area (Å²) in [6.45, 7) is 6.28. The maximum absolute atomic E-state index is 8.62. The third-order valence-electron chi connectivity index (χ3n) is 2.53. The SMILES string of the molecule is CCc1cccc(C)c1NC(C)CC#N. The van der Waals surface area contributed by atoms with Gasteiger partial charge in [0.1, 0.15) is 0 Å². The first-order valence-electron chi connectivity index (χ1n) is 5.41. The molecule has 0 aromatic heterocycles. The molecule has 1 unspecified atom stereocenters. The molecule has 80 valence electrons. The minimum absolute atomic E-state index is 0.210. The van der Waals surface area contributed by atoms with E-state index in [4.69, 9.17) is 5.26 Å². The zero-order chi connectivity index (χ0) is 11.3. The second-order valence-corrected chi connectivity index (χ2v) is 3.87. The monoisotopic (exact) mass is 202 g/mol. The van der Waals surface area contributed by atoms with E-state index in [9.17, 15) is 0 Å². The summed E-state index contributed by atoms with van der Waals surface area (Å²) in [6, 6.07) is 8.70. The number of hydrogen-bond acceptors (Lipinski definition) is 2. The second kappa shape index (κ2) is 5.41. The Hall–Kier alpha value is -1.49. The van der Waals surface area contributed by atoms with Gasteiger partial charge in [-0.1, -0.05) is 25.1 Å². The average molecular weight is 202 g/mol. The van der Waals surface area contributed by atoms with Crippen LogP contribution in [0.25, 0.3) is 0 Å². The largest absolute Gasteiger partial charge is 0.381 e. The van der Waals surface area contributed by atoms with E-state index in [1.807, 2.05) is 6.92 Å². The van der Waals surface area contributed by atoms with Gasteiger partial charge < -0.3 is 5.32 Å². The molecule has 0 aliphatic carbocycles. The molecule has 0 spiro atoms. The molecule has 0 radical (unpaired) electrons. The van der Waals surface area contributed by atoms with Crippen molar-refractivity contribution in [1.82, 2.24) is 0 Å². The fourth-order valence-electron chi connectivity index (χ4n) is 1.66. The van der Waals surface area contributed by atoms with Gasteiger partial charge in [-0.25, -0.2) is 0 Å². The van der Waals surface area contributed by atoms with Crippen LogP contribution in [0, 0.1) is 18.3 Å². The molecule has 1 atom stereocenters. The second-order valence-electron chi connectivity index (χ2n) is 3.87. The van der Waals surface area contributed by atoms with Crippen LogP contribution < -0.4 is 5.32 Å². The molecule has 15 heavy (non-hydrogen) atoms. The van der Waals surface area contributed by atoms with Gasteiger partial charge in [0.05, 0.1) is 12.5 Å². The van der Waals surface area contributed by atoms with Crippen LogP contribution in [0.4, 0.5) is 5.69 Å². The van der Waals surface area contributed by atoms with E-state index in [1.54, 1.807) is 0 Å². The first kappa shape index (κ1) is 11.6. The lowest BCUT2D eigenvalue weighted by Crippen LogP contribution is -2.16. The highest BCUT2D eigenvalue weighted by atomic mass is 14.9. The van der Waals surface area contributed by atoms with E-state index in [0.29, 0.717) is 6.42 Å². The quantitative estimate of drug-likeness (QED) is 0.813. The molecule has 1 rings (SSSR count). The van der Waals surface area contributed by atoms with Crippen molar-refractivity contribution in [3.63, 3.8) is 0 Å². The van der Waals surface area contributed by atoms with E-state index in [1.165, 1.54) is 16.8 Å². The number of hydrogen-bond donors (Lipinski definition) is 1. The highest BCUT2D eigenvalue weighted by Crippen LogP contribution is 2.22. The van der Waals surface area contributed by atoms with Gasteiger partial charge >= 0.3 is 0 Å². The van der Waals surface area contributed by atoms with Crippen molar-refractivity contribution >= 4 is 5.69 Å². The summed E-state index contributed by atoms with van der Waals surface area (Å²) in [5.41, 5.74) is 3.77. The number of rotatable bonds is 4. The topological polar surface area (TPSA) is 35.8 Å². The fourth-order valence-corrected chi connectivity index (χ4v) is 1.66. The summed E-state index contributed by atoms with van der Waals surface area (Å²) in [5.74, 6) is 0. The van der Waals surface area contributed by atoms with E-state index < -0.39 is 0 Å². The number of para-hydroxylation sites is 1. The molecule has 0 heterocycles. The van der Waals surface area contributed by atoms with E-state index in [0.717, 1.165) is 6.42 Å². The van der Waals surface area contributed by atoms with Crippen molar-refractivity contribution in [2.75, 3.05) is 5.32 Å². The Kier molecular flexibility index (Phi) is 4.17. The molecule has 2 heteroatoms. The highest BCUT2D eigenvalue weighted by molar-refractivity contribution is 5.57. The molecule has 1 aromatic carbocycles. The summed E-state index contributed by atoms with van der Waals surface area (Å²) >= 11 is 0. The normalized spacial score (nSPS) is 11.9. The standard InChI is InChI=1S/C13H18N2/c1-4-12-7-5-6-10(2)13(12)15-11(3)8-9-14/h5-7,11,15H,4,8H2,1-3H3. The zero-order valence-electron chi connectivity index (χ0n) is 9.67. The van der Waals surface area contributed by atoms with Gasteiger partial charge in [-0.2, -0.15) is 5.26 Å². The maximum Gasteiger partial charge on any atom is 0.0643 e. The van der Waals surface area contributed by atoms with Gasteiger partial charge in [0.15, 0.2) is 0 Å². The molecule has 2 nitrogen and oxygen atoms in total. The number of nitriles is 1. The fraction of sp³-hybridized carbons (Fsp3) is 0.462. The van der Waals surface area contributed by atoms with Crippen molar-refractivity contribution in [3.05, 3.63) is 29.3 Å². The number of aryl methyl sites for hydroxylation is 2. The molecule has 0 aliphatic heterocycles. The van der Waals surface area contributed by atoms with Crippen molar-refractivity contribution in [2.24, 2.45) is 0 Å². The Morgan fingerprint density at radius 3 is 2.80 bits per heavy atom. The molecular weight excluding hydrogens is 184 g/mol. The van der Waals surface area contributed by atoms with Crippen molar-refractivity contribution in [2.45, 2.75) is 39.7 Å². The van der Waals surface area contributed by atoms with Crippen LogP contribution in [0.5, 0.6) is 0 Å². The highest BCUT2D eigenvalue weighted by Gasteiger charge is 2.07. The van der Waals surface area contributed by atoms with Crippen LogP contribution in [-0.4, -0.2) is 6.04 Å². The minimum Gasteiger partial charge on any atom is -0.381 e. The van der Waals surface area contributed by atoms with Gasteiger partial charge in [0, 0.05) is 11.7 Å². The maximum atomic E-state index is 8.62. The molecule has 0 aliphatic rings. The van der Waals surface area contributed by atoms with Crippen LogP contribution in [0.1, 0.15) is 31.4 Å². The third kappa shape index (κ3) is 2.99. The molecule has 0 bridgehead atoms. The molecule has 0 amide bonds. The smallest absolute Gasteiger partial charge is 0.0643 e. The molecular formula is C13H18N2. The zero-order valence-corrected chi connectivity index (χ0v) is 9.67. The lowest BCUT2D eigenvalue weighted by Gasteiger charge is -2.17. The average Bonchev–Trinajstić information content (AvgIpc) is 2.21. The first-order chi connectivity index (χ1) is 7.19. The van der Waals surface area contributed by atoms with Crippen LogP contribution in [0.2, 0.25) is 0 Å². The minimum atomic E-state index is 0.210. The number of nitrogens with zero attached hydrogens (tertiary/aromatic N) is 1. The molecule has 1 aromatic rings. The summed E-state index contributed by atoms with van der Waals surface area (Å²) in [7, 11) is 0. The summed E-state index contributed by atoms with van der Waals surface area (Å²) in [5, 5.41) is 12.0. The van der Waals surface area contributed by atoms with Gasteiger partial charge in [0.2, 0.25) is 0 Å². The van der Waals surface area contributed by atoms with Crippen molar-refractivity contribution < 1.29 is 0 Å². The number of nitrogens with one attached hydrogen (secondary N) is 1. The Bertz CT molecular complexity index is 363. The Morgan fingerprint density at radius 2 is 2.20 bits per heavy atom. The van der Waals surface area contributed by atoms with Crippen molar-refractivity contribution in [3.8, 4) is 6.07 Å². The Labute approximate surface area is 91.9 Å². The summed E-state index contributed by atoms with van der Waals surface area (Å²) in [6.07, 6.45) is 1.56. The van der Waals surface area contributed by atoms with E-state index in [2.05, 4.69) is 43.4 Å². The Morgan fingerprint density at radius 1 is 1.47 bits per heavy atom. The summed E-state index contributed by atoms with van der Waals surface area (Å²) in [4.78, 5) is 0. The molecule has 0 fully saturated rings. The van der Waals surface area contributed by atoms with Gasteiger partial charge in [-0.3, -0.25) is 0 Å². The van der Waals surface area contributed by atoms with Crippen LogP contribution in [-0.2, 0) is 6.42 Å². The summed E-state index contributed by atoms with van der Waals surface area (Å²) < 4.78 is 0. The predicted octanol–water partition coefficient (Wildman–Crippen LogP) is 3.27. The molecule has 0 saturated heterocycles. The lowest BCUT2D eigenvalue weighted by molar-refractivity contribution is 0.816. The third-order valence-corrected chi connectivity index (χ3v) is 2.53.